The number of phenols is 4. The van der Waals surface area contributed by atoms with Gasteiger partial charge in [-0.1, -0.05) is 72.8 Å². The summed E-state index contributed by atoms with van der Waals surface area (Å²) in [5, 5.41) is 44.2. The molecule has 4 nitrogen and oxygen atoms in total. The number of aromatic hydroxyl groups is 4. The summed E-state index contributed by atoms with van der Waals surface area (Å²) >= 11 is 0. The zero-order chi connectivity index (χ0) is 28.6. The molecule has 0 aliphatic carbocycles. The summed E-state index contributed by atoms with van der Waals surface area (Å²) in [6.45, 7) is 7.70. The largest absolute Gasteiger partial charge is 0.508 e. The first-order valence-corrected chi connectivity index (χ1v) is 13.4. The van der Waals surface area contributed by atoms with Crippen LogP contribution in [0, 0.1) is 27.7 Å². The van der Waals surface area contributed by atoms with Crippen molar-refractivity contribution in [3.05, 3.63) is 153 Å². The second-order valence-corrected chi connectivity index (χ2v) is 10.8. The lowest BCUT2D eigenvalue weighted by atomic mass is 9.79. The van der Waals surface area contributed by atoms with Crippen molar-refractivity contribution in [2.75, 3.05) is 0 Å². The first-order valence-electron chi connectivity index (χ1n) is 13.4. The minimum atomic E-state index is -0.458. The Hall–Kier alpha value is -4.70. The van der Waals surface area contributed by atoms with Crippen molar-refractivity contribution >= 4 is 0 Å². The summed E-state index contributed by atoms with van der Waals surface area (Å²) in [4.78, 5) is 0. The molecule has 0 saturated carbocycles. The second-order valence-electron chi connectivity index (χ2n) is 10.8. The van der Waals surface area contributed by atoms with E-state index in [2.05, 4.69) is 0 Å². The molecule has 4 N–H and O–H groups in total. The topological polar surface area (TPSA) is 80.9 Å². The standard InChI is InChI=1S/C36H34O4/c1-21-8-12-27(31(37)16-21)35(28-13-9-22(2)17-32(28)38)25-6-5-7-26(20-25)36(29-14-10-23(3)18-33(29)39)30-15-11-24(4)19-34(30)40/h5-20,35-40H,1-4H3. The normalized spacial score (nSPS) is 11.3. The van der Waals surface area contributed by atoms with Crippen LogP contribution in [0.25, 0.3) is 0 Å². The number of hydrogen-bond acceptors (Lipinski definition) is 4. The Labute approximate surface area is 235 Å². The van der Waals surface area contributed by atoms with E-state index >= 15 is 0 Å². The maximum Gasteiger partial charge on any atom is 0.119 e. The van der Waals surface area contributed by atoms with E-state index in [1.54, 1.807) is 24.3 Å². The van der Waals surface area contributed by atoms with Gasteiger partial charge < -0.3 is 20.4 Å². The van der Waals surface area contributed by atoms with Crippen LogP contribution in [0.15, 0.2) is 97.1 Å². The summed E-state index contributed by atoms with van der Waals surface area (Å²) in [5.41, 5.74) is 8.17. The highest BCUT2D eigenvalue weighted by atomic mass is 16.3. The SMILES string of the molecule is Cc1ccc(C(c2cccc(C(c3ccc(C)cc3O)c3ccc(C)cc3O)c2)c2ccc(C)cc2O)c(O)c1. The van der Waals surface area contributed by atoms with Crippen molar-refractivity contribution in [3.8, 4) is 23.0 Å². The molecule has 202 valence electrons. The van der Waals surface area contributed by atoms with Gasteiger partial charge in [0.2, 0.25) is 0 Å². The maximum atomic E-state index is 11.0. The number of phenolic OH excluding ortho intramolecular Hbond substituents is 4. The highest BCUT2D eigenvalue weighted by Crippen LogP contribution is 2.45. The van der Waals surface area contributed by atoms with Gasteiger partial charge in [0, 0.05) is 34.1 Å². The Kier molecular flexibility index (Phi) is 7.27. The van der Waals surface area contributed by atoms with Gasteiger partial charge in [0.1, 0.15) is 23.0 Å². The van der Waals surface area contributed by atoms with Crippen LogP contribution in [0.4, 0.5) is 0 Å². The molecule has 0 radical (unpaired) electrons. The van der Waals surface area contributed by atoms with Gasteiger partial charge in [-0.05, 0) is 85.3 Å². The van der Waals surface area contributed by atoms with E-state index in [4.69, 9.17) is 0 Å². The molecular formula is C36H34O4. The lowest BCUT2D eigenvalue weighted by Crippen LogP contribution is -2.08. The number of benzene rings is 5. The molecule has 0 fully saturated rings. The molecule has 5 aromatic carbocycles. The first kappa shape index (κ1) is 26.9. The van der Waals surface area contributed by atoms with Crippen molar-refractivity contribution in [3.63, 3.8) is 0 Å². The summed E-state index contributed by atoms with van der Waals surface area (Å²) < 4.78 is 0. The number of aryl methyl sites for hydroxylation is 4. The molecule has 0 saturated heterocycles. The third-order valence-electron chi connectivity index (χ3n) is 7.57. The fourth-order valence-electron chi connectivity index (χ4n) is 5.56. The fourth-order valence-corrected chi connectivity index (χ4v) is 5.56. The van der Waals surface area contributed by atoms with Gasteiger partial charge in [-0.15, -0.1) is 0 Å². The third-order valence-corrected chi connectivity index (χ3v) is 7.57. The molecule has 0 aliphatic rings. The van der Waals surface area contributed by atoms with Crippen LogP contribution in [-0.4, -0.2) is 20.4 Å². The highest BCUT2D eigenvalue weighted by molar-refractivity contribution is 5.58. The summed E-state index contributed by atoms with van der Waals surface area (Å²) in [7, 11) is 0. The molecule has 4 heteroatoms. The fraction of sp³-hybridized carbons (Fsp3) is 0.167. The van der Waals surface area contributed by atoms with Crippen molar-refractivity contribution in [1.29, 1.82) is 0 Å². The lowest BCUT2D eigenvalue weighted by molar-refractivity contribution is 0.458. The Morgan fingerprint density at radius 1 is 0.375 bits per heavy atom. The molecule has 0 bridgehead atoms. The van der Waals surface area contributed by atoms with Crippen LogP contribution in [0.2, 0.25) is 0 Å². The Bertz CT molecular complexity index is 1480. The van der Waals surface area contributed by atoms with Gasteiger partial charge >= 0.3 is 0 Å². The second kappa shape index (κ2) is 10.8. The maximum absolute atomic E-state index is 11.0. The van der Waals surface area contributed by atoms with Gasteiger partial charge in [-0.25, -0.2) is 0 Å². The molecule has 0 aromatic heterocycles. The Morgan fingerprint density at radius 2 is 0.650 bits per heavy atom. The predicted octanol–water partition coefficient (Wildman–Crippen LogP) is 8.10. The van der Waals surface area contributed by atoms with Gasteiger partial charge in [0.05, 0.1) is 0 Å². The number of hydrogen-bond donors (Lipinski definition) is 4. The summed E-state index contributed by atoms with van der Waals surface area (Å²) in [6, 6.07) is 30.3. The molecule has 0 spiro atoms. The average molecular weight is 531 g/mol. The van der Waals surface area contributed by atoms with E-state index < -0.39 is 11.8 Å². The molecule has 0 unspecified atom stereocenters. The summed E-state index contributed by atoms with van der Waals surface area (Å²) in [5.74, 6) is -0.308. The Balaban J connectivity index is 1.75. The van der Waals surface area contributed by atoms with E-state index in [1.807, 2.05) is 100 Å². The van der Waals surface area contributed by atoms with E-state index in [0.717, 1.165) is 33.4 Å². The van der Waals surface area contributed by atoms with E-state index in [-0.39, 0.29) is 23.0 Å². The first-order chi connectivity index (χ1) is 19.1. The van der Waals surface area contributed by atoms with Crippen molar-refractivity contribution in [1.82, 2.24) is 0 Å². The van der Waals surface area contributed by atoms with Crippen LogP contribution in [0.1, 0.15) is 67.5 Å². The smallest absolute Gasteiger partial charge is 0.119 e. The molecule has 0 atom stereocenters. The predicted molar refractivity (Wildman–Crippen MR) is 160 cm³/mol. The number of rotatable bonds is 6. The zero-order valence-electron chi connectivity index (χ0n) is 23.2. The lowest BCUT2D eigenvalue weighted by Gasteiger charge is -2.25. The third kappa shape index (κ3) is 5.26. The van der Waals surface area contributed by atoms with Gasteiger partial charge in [-0.3, -0.25) is 0 Å². The van der Waals surface area contributed by atoms with E-state index in [9.17, 15) is 20.4 Å². The minimum Gasteiger partial charge on any atom is -0.508 e. The van der Waals surface area contributed by atoms with Gasteiger partial charge in [-0.2, -0.15) is 0 Å². The van der Waals surface area contributed by atoms with Crippen molar-refractivity contribution in [2.24, 2.45) is 0 Å². The molecule has 0 amide bonds. The van der Waals surface area contributed by atoms with Crippen LogP contribution in [0.5, 0.6) is 23.0 Å². The highest BCUT2D eigenvalue weighted by Gasteiger charge is 2.27. The van der Waals surface area contributed by atoms with Crippen LogP contribution >= 0.6 is 0 Å². The summed E-state index contributed by atoms with van der Waals surface area (Å²) in [6.07, 6.45) is 0. The Morgan fingerprint density at radius 3 is 0.900 bits per heavy atom. The van der Waals surface area contributed by atoms with E-state index in [0.29, 0.717) is 22.3 Å². The van der Waals surface area contributed by atoms with Crippen LogP contribution < -0.4 is 0 Å². The molecule has 0 heterocycles. The van der Waals surface area contributed by atoms with Gasteiger partial charge in [0.15, 0.2) is 0 Å². The molecule has 40 heavy (non-hydrogen) atoms. The monoisotopic (exact) mass is 530 g/mol. The minimum absolute atomic E-state index is 0.152. The van der Waals surface area contributed by atoms with Gasteiger partial charge in [0.25, 0.3) is 0 Å². The molecular weight excluding hydrogens is 496 g/mol. The quantitative estimate of drug-likeness (QED) is 0.167. The van der Waals surface area contributed by atoms with Crippen molar-refractivity contribution < 1.29 is 20.4 Å². The molecule has 5 aromatic rings. The van der Waals surface area contributed by atoms with E-state index in [1.165, 1.54) is 0 Å². The zero-order valence-corrected chi connectivity index (χ0v) is 23.2. The molecule has 0 aliphatic heterocycles. The van der Waals surface area contributed by atoms with Crippen LogP contribution in [0.3, 0.4) is 0 Å². The molecule has 5 rings (SSSR count). The average Bonchev–Trinajstić information content (AvgIpc) is 2.89. The van der Waals surface area contributed by atoms with Crippen molar-refractivity contribution in [2.45, 2.75) is 39.5 Å². The van der Waals surface area contributed by atoms with Crippen LogP contribution in [-0.2, 0) is 0 Å².